The Bertz CT molecular complexity index is 2910. The molecule has 3 fully saturated rings. The van der Waals surface area contributed by atoms with Gasteiger partial charge in [0.25, 0.3) is 0 Å². The fourth-order valence-corrected chi connectivity index (χ4v) is 18.7. The third-order valence-corrected chi connectivity index (χ3v) is 23.2. The largest absolute Gasteiger partial charge is 0.454 e. The van der Waals surface area contributed by atoms with Crippen LogP contribution >= 0.6 is 22.8 Å². The number of ketones is 1. The summed E-state index contributed by atoms with van der Waals surface area (Å²) in [5.41, 5.74) is 3.13. The fraction of sp³-hybridized carbons (Fsp3) is 0.516. The lowest BCUT2D eigenvalue weighted by Crippen LogP contribution is -2.51. The molecule has 0 aromatic heterocycles. The molecule has 1 aliphatic heterocycles. The van der Waals surface area contributed by atoms with Gasteiger partial charge in [0.2, 0.25) is 12.6 Å². The number of hydrogen-bond donors (Lipinski definition) is 0. The number of ether oxygens (including phenoxy) is 2. The van der Waals surface area contributed by atoms with Gasteiger partial charge in [-0.05, 0) is 198 Å². The molecule has 10 rings (SSSR count). The van der Waals surface area contributed by atoms with E-state index in [4.69, 9.17) is 36.6 Å². The van der Waals surface area contributed by atoms with Gasteiger partial charge in [0, 0.05) is 6.07 Å². The minimum absolute atomic E-state index is 0. The Morgan fingerprint density at radius 1 is 0.671 bits per heavy atom. The number of allylic oxidation sites excluding steroid dienone is 4. The zero-order valence-corrected chi connectivity index (χ0v) is 50.0. The van der Waals surface area contributed by atoms with Crippen LogP contribution in [0.1, 0.15) is 134 Å². The molecule has 0 saturated heterocycles. The fourth-order valence-electron chi connectivity index (χ4n) is 13.6. The Balaban J connectivity index is 0.000000184. The smallest absolute Gasteiger partial charge is 0.410 e. The van der Waals surface area contributed by atoms with Crippen molar-refractivity contribution in [1.82, 2.24) is 0 Å². The summed E-state index contributed by atoms with van der Waals surface area (Å²) in [6, 6.07) is 32.2. The molecule has 0 spiro atoms. The van der Waals surface area contributed by atoms with E-state index in [9.17, 15) is 18.5 Å². The van der Waals surface area contributed by atoms with E-state index in [1.54, 1.807) is 99.2 Å². The van der Waals surface area contributed by atoms with Crippen molar-refractivity contribution in [2.24, 2.45) is 46.3 Å². The van der Waals surface area contributed by atoms with Gasteiger partial charge in [-0.3, -0.25) is 18.4 Å². The lowest BCUT2D eigenvalue weighted by molar-refractivity contribution is -0.113. The molecule has 4 aromatic rings. The Morgan fingerprint density at radius 2 is 1.24 bits per heavy atom. The lowest BCUT2D eigenvalue weighted by Gasteiger charge is -2.58. The Labute approximate surface area is 472 Å². The van der Waals surface area contributed by atoms with Crippen molar-refractivity contribution in [2.45, 2.75) is 140 Å². The number of fused-ring (bicyclic) bond motifs is 6. The molecule has 3 saturated carbocycles. The third kappa shape index (κ3) is 14.1. The summed E-state index contributed by atoms with van der Waals surface area (Å²) < 4.78 is 84.3. The third-order valence-electron chi connectivity index (χ3n) is 17.2. The molecule has 0 N–H and O–H groups in total. The Kier molecular flexibility index (Phi) is 21.3. The van der Waals surface area contributed by atoms with Gasteiger partial charge in [0.05, 0.1) is 41.8 Å². The highest BCUT2D eigenvalue weighted by atomic mass is 31.2. The topological polar surface area (TPSA) is 142 Å². The molecule has 430 valence electrons. The first-order valence-corrected chi connectivity index (χ1v) is 33.0. The second kappa shape index (κ2) is 27.1. The average molecular weight is 1140 g/mol. The molecule has 3 unspecified atom stereocenters. The monoisotopic (exact) mass is 1140 g/mol. The van der Waals surface area contributed by atoms with Gasteiger partial charge in [-0.2, -0.15) is 0 Å². The first-order valence-electron chi connectivity index (χ1n) is 28.4. The van der Waals surface area contributed by atoms with E-state index < -0.39 is 22.8 Å². The maximum absolute atomic E-state index is 13.8. The summed E-state index contributed by atoms with van der Waals surface area (Å²) in [7, 11) is -10.3. The van der Waals surface area contributed by atoms with Crippen LogP contribution in [-0.4, -0.2) is 38.5 Å². The van der Waals surface area contributed by atoms with Gasteiger partial charge in [-0.25, -0.2) is 9.13 Å². The van der Waals surface area contributed by atoms with Gasteiger partial charge in [0.15, 0.2) is 17.3 Å². The van der Waals surface area contributed by atoms with E-state index in [2.05, 4.69) is 40.7 Å². The average Bonchev–Trinajstić information content (AvgIpc) is 4.30. The molecule has 15 heteroatoms. The van der Waals surface area contributed by atoms with Gasteiger partial charge >= 0.3 is 22.8 Å². The quantitative estimate of drug-likeness (QED) is 0.0691. The molecule has 5 aliphatic carbocycles. The zero-order valence-electron chi connectivity index (χ0n) is 47.3. The number of carbonyl (C=O) groups excluding carboxylic acids is 1. The summed E-state index contributed by atoms with van der Waals surface area (Å²) in [6.07, 6.45) is 17.7. The van der Waals surface area contributed by atoms with E-state index >= 15 is 0 Å². The van der Waals surface area contributed by atoms with E-state index in [1.807, 2.05) is 49.4 Å². The summed E-state index contributed by atoms with van der Waals surface area (Å²) in [5, 5.41) is 1.64. The van der Waals surface area contributed by atoms with Crippen LogP contribution < -0.4 is 29.9 Å². The first kappa shape index (κ1) is 62.1. The standard InChI is InChI=1S/C33H51O3P.C15H15O5P.C15H17O4P.CH4/c1-7-35-37(34,27-11-9-8-10-12-27)36-26-17-19-32(5)25(22-26)13-14-28-30-16-15-29(24(4)21-23(2)3)33(30,6)20-18-31(28)32;1-2-19-21(16,13-6-4-3-5-7-13)20-12-8-9-14-15(10-12)18-11-17-14;1-3-18-20(17,13-9-5-4-6-10-13)19-15-12(2)8-7-11-14(15)16;/h8-13,23-24,26,28-31H,7,14-22H2,1-6H3;3-10H,2,11H2,1H3;4-7,9-11H,3,8H2,1-2H3;1H4/t24-,26+,28+,29-,30+,31+,32+,33-,37?;;;/m1.../s1. The van der Waals surface area contributed by atoms with Crippen LogP contribution in [0.4, 0.5) is 0 Å². The number of benzene rings is 4. The van der Waals surface area contributed by atoms with E-state index in [0.29, 0.717) is 51.6 Å². The maximum atomic E-state index is 13.8. The van der Waals surface area contributed by atoms with Crippen LogP contribution in [0.2, 0.25) is 0 Å². The lowest BCUT2D eigenvalue weighted by atomic mass is 9.47. The van der Waals surface area contributed by atoms with Crippen molar-refractivity contribution in [1.29, 1.82) is 0 Å². The highest BCUT2D eigenvalue weighted by molar-refractivity contribution is 7.63. The predicted molar refractivity (Wildman–Crippen MR) is 317 cm³/mol. The van der Waals surface area contributed by atoms with Crippen LogP contribution in [0.25, 0.3) is 0 Å². The predicted octanol–water partition coefficient (Wildman–Crippen LogP) is 16.5. The van der Waals surface area contributed by atoms with E-state index in [-0.39, 0.29) is 50.5 Å². The van der Waals surface area contributed by atoms with Crippen LogP contribution in [0.15, 0.2) is 144 Å². The van der Waals surface area contributed by atoms with Gasteiger partial charge in [0.1, 0.15) is 5.75 Å². The van der Waals surface area contributed by atoms with Gasteiger partial charge < -0.3 is 27.6 Å². The highest BCUT2D eigenvalue weighted by Crippen LogP contribution is 2.68. The number of carbonyl (C=O) groups is 1. The zero-order chi connectivity index (χ0) is 55.7. The summed E-state index contributed by atoms with van der Waals surface area (Å²) in [5.74, 6) is 6.54. The molecule has 11 atom stereocenters. The molecule has 0 amide bonds. The number of rotatable bonds is 18. The second-order valence-electron chi connectivity index (χ2n) is 22.6. The van der Waals surface area contributed by atoms with Gasteiger partial charge in [-0.1, -0.05) is 114 Å². The number of hydrogen-bond acceptors (Lipinski definition) is 12. The second-order valence-corrected chi connectivity index (χ2v) is 28.5. The molecule has 4 aromatic carbocycles. The highest BCUT2D eigenvalue weighted by Gasteiger charge is 2.59. The van der Waals surface area contributed by atoms with Crippen molar-refractivity contribution < 1.29 is 55.1 Å². The first-order chi connectivity index (χ1) is 37.4. The van der Waals surface area contributed by atoms with Gasteiger partial charge in [-0.15, -0.1) is 0 Å². The van der Waals surface area contributed by atoms with Crippen LogP contribution in [0.5, 0.6) is 17.2 Å². The minimum atomic E-state index is -3.53. The van der Waals surface area contributed by atoms with Crippen LogP contribution in [0, 0.1) is 46.3 Å². The molecule has 79 heavy (non-hydrogen) atoms. The summed E-state index contributed by atoms with van der Waals surface area (Å²) in [6.45, 7) is 20.9. The molecule has 0 radical (unpaired) electrons. The maximum Gasteiger partial charge on any atom is 0.410 e. The molecule has 6 aliphatic rings. The normalized spacial score (nSPS) is 27.3. The van der Waals surface area contributed by atoms with E-state index in [0.717, 1.165) is 60.3 Å². The van der Waals surface area contributed by atoms with Crippen LogP contribution in [0.3, 0.4) is 0 Å². The summed E-state index contributed by atoms with van der Waals surface area (Å²) >= 11 is 0. The molecular formula is C64H87O12P3. The van der Waals surface area contributed by atoms with Crippen molar-refractivity contribution >= 4 is 44.5 Å². The van der Waals surface area contributed by atoms with Crippen molar-refractivity contribution in [3.8, 4) is 17.2 Å². The molecule has 0 bridgehead atoms. The van der Waals surface area contributed by atoms with Crippen LogP contribution in [-0.2, 0) is 41.1 Å². The summed E-state index contributed by atoms with van der Waals surface area (Å²) in [4.78, 5) is 11.9. The molecule has 12 nitrogen and oxygen atoms in total. The minimum Gasteiger partial charge on any atom is -0.454 e. The Hall–Kier alpha value is -4.50. The Morgan fingerprint density at radius 3 is 1.82 bits per heavy atom. The van der Waals surface area contributed by atoms with Crippen molar-refractivity contribution in [3.05, 3.63) is 144 Å². The molecule has 1 heterocycles. The molecular weight excluding hydrogens is 1050 g/mol. The SMILES string of the molecule is C.CCOP(=O)(OC1=C(C)CC=CC1=O)c1ccccc1.CCOP(=O)(O[C@H]1CC[C@@]2(C)C(=CC[C@H]3[C@@H]4CC[C@H]([C@H](C)CC(C)C)[C@@]4(C)CC[C@@H]32)C1)c1ccccc1.CCOP(=O)(Oc1ccc2c(c1)OCO2)c1ccccc1. The van der Waals surface area contributed by atoms with Crippen molar-refractivity contribution in [2.75, 3.05) is 26.6 Å². The van der Waals surface area contributed by atoms with Crippen molar-refractivity contribution in [3.63, 3.8) is 0 Å². The van der Waals surface area contributed by atoms with E-state index in [1.165, 1.54) is 44.6 Å².